The molecule has 7 nitrogen and oxygen atoms in total. The summed E-state index contributed by atoms with van der Waals surface area (Å²) in [6.07, 6.45) is 3.02. The topological polar surface area (TPSA) is 94.2 Å². The van der Waals surface area contributed by atoms with Gasteiger partial charge in [-0.25, -0.2) is 8.42 Å². The summed E-state index contributed by atoms with van der Waals surface area (Å²) in [6.45, 7) is -0.0778. The first-order valence-corrected chi connectivity index (χ1v) is 8.15. The Bertz CT molecular complexity index is 897. The van der Waals surface area contributed by atoms with Gasteiger partial charge in [0, 0.05) is 17.8 Å². The van der Waals surface area contributed by atoms with E-state index >= 15 is 0 Å². The number of nitrogens with one attached hydrogen (secondary N) is 1. The molecule has 3 rings (SSSR count). The molecule has 0 aliphatic heterocycles. The van der Waals surface area contributed by atoms with E-state index in [4.69, 9.17) is 0 Å². The molecule has 0 atom stereocenters. The number of carbonyl (C=O) groups is 1. The molecule has 0 saturated carbocycles. The van der Waals surface area contributed by atoms with Crippen LogP contribution in [0.1, 0.15) is 5.69 Å². The van der Waals surface area contributed by atoms with E-state index in [1.807, 2.05) is 35.1 Å². The third-order valence-corrected chi connectivity index (χ3v) is 4.31. The Labute approximate surface area is 126 Å². The van der Waals surface area contributed by atoms with Gasteiger partial charge in [-0.05, 0) is 17.5 Å². The van der Waals surface area contributed by atoms with Gasteiger partial charge in [0.25, 0.3) is 5.91 Å². The molecule has 1 aromatic carbocycles. The van der Waals surface area contributed by atoms with Crippen molar-refractivity contribution in [2.45, 2.75) is 12.3 Å². The van der Waals surface area contributed by atoms with Gasteiger partial charge >= 0.3 is 0 Å². The second-order valence-corrected chi connectivity index (χ2v) is 6.50. The molecule has 0 unspecified atom stereocenters. The number of benzene rings is 1. The van der Waals surface area contributed by atoms with Crippen LogP contribution in [-0.4, -0.2) is 24.0 Å². The van der Waals surface area contributed by atoms with E-state index in [9.17, 15) is 13.2 Å². The van der Waals surface area contributed by atoms with Crippen LogP contribution in [-0.2, 0) is 27.1 Å². The molecular weight excluding hydrogens is 306 g/mol. The van der Waals surface area contributed by atoms with Crippen LogP contribution in [0.2, 0.25) is 0 Å². The predicted octanol–water partition coefficient (Wildman–Crippen LogP) is 1.28. The van der Waals surface area contributed by atoms with Gasteiger partial charge in [0.1, 0.15) is 24.3 Å². The molecule has 2 heterocycles. The largest absolute Gasteiger partial charge is 0.364 e. The molecule has 0 fully saturated rings. The van der Waals surface area contributed by atoms with Gasteiger partial charge in [0.15, 0.2) is 0 Å². The van der Waals surface area contributed by atoms with Gasteiger partial charge in [-0.3, -0.25) is 9.52 Å². The van der Waals surface area contributed by atoms with Crippen molar-refractivity contribution in [2.24, 2.45) is 0 Å². The first-order valence-electron chi connectivity index (χ1n) is 6.50. The molecule has 0 aliphatic carbocycles. The molecule has 0 spiro atoms. The summed E-state index contributed by atoms with van der Waals surface area (Å²) >= 11 is 0. The summed E-state index contributed by atoms with van der Waals surface area (Å²) in [5, 5.41) is 4.50. The lowest BCUT2D eigenvalue weighted by Crippen LogP contribution is -2.34. The van der Waals surface area contributed by atoms with Crippen LogP contribution >= 0.6 is 0 Å². The first-order chi connectivity index (χ1) is 10.5. The van der Waals surface area contributed by atoms with Crippen molar-refractivity contribution in [2.75, 3.05) is 0 Å². The molecule has 1 N–H and O–H groups in total. The lowest BCUT2D eigenvalue weighted by atomic mass is 10.2. The minimum absolute atomic E-state index is 0.0778. The van der Waals surface area contributed by atoms with E-state index < -0.39 is 21.7 Å². The molecular formula is C14H13N3O4S. The maximum Gasteiger partial charge on any atom is 0.253 e. The zero-order valence-electron chi connectivity index (χ0n) is 11.5. The van der Waals surface area contributed by atoms with Crippen LogP contribution in [0.3, 0.4) is 0 Å². The van der Waals surface area contributed by atoms with Crippen molar-refractivity contribution in [3.63, 3.8) is 0 Å². The fourth-order valence-electron chi connectivity index (χ4n) is 2.18. The third kappa shape index (κ3) is 3.17. The highest BCUT2D eigenvalue weighted by Gasteiger charge is 2.17. The third-order valence-electron chi connectivity index (χ3n) is 3.09. The van der Waals surface area contributed by atoms with Gasteiger partial charge in [-0.15, -0.1) is 0 Å². The van der Waals surface area contributed by atoms with Gasteiger partial charge < -0.3 is 9.09 Å². The fourth-order valence-corrected chi connectivity index (χ4v) is 3.20. The van der Waals surface area contributed by atoms with Crippen LogP contribution in [0.15, 0.2) is 53.4 Å². The van der Waals surface area contributed by atoms with Crippen LogP contribution in [0.4, 0.5) is 0 Å². The number of hydrogen-bond donors (Lipinski definition) is 1. The lowest BCUT2D eigenvalue weighted by Gasteiger charge is -2.07. The maximum absolute atomic E-state index is 11.9. The molecule has 3 aromatic rings. The van der Waals surface area contributed by atoms with E-state index in [0.29, 0.717) is 0 Å². The standard InChI is InChI=1S/C14H13N3O4S/c18-14(16-22(19,20)10-12-6-8-21-15-12)9-17-7-5-11-3-1-2-4-13(11)17/h1-8H,9-10H2,(H,16,18). The Morgan fingerprint density at radius 1 is 1.23 bits per heavy atom. The highest BCUT2D eigenvalue weighted by atomic mass is 32.2. The zero-order chi connectivity index (χ0) is 15.6. The van der Waals surface area contributed by atoms with Crippen LogP contribution in [0.5, 0.6) is 0 Å². The second-order valence-electron chi connectivity index (χ2n) is 4.78. The SMILES string of the molecule is O=C(Cn1ccc2ccccc21)NS(=O)(=O)Cc1ccon1. The van der Waals surface area contributed by atoms with Crippen molar-refractivity contribution < 1.29 is 17.7 Å². The Morgan fingerprint density at radius 2 is 2.05 bits per heavy atom. The summed E-state index contributed by atoms with van der Waals surface area (Å²) < 4.78 is 32.0. The highest BCUT2D eigenvalue weighted by Crippen LogP contribution is 2.14. The average Bonchev–Trinajstić information content (AvgIpc) is 3.08. The van der Waals surface area contributed by atoms with Crippen molar-refractivity contribution in [3.8, 4) is 0 Å². The summed E-state index contributed by atoms with van der Waals surface area (Å²) in [5.41, 5.74) is 1.11. The summed E-state index contributed by atoms with van der Waals surface area (Å²) in [6, 6.07) is 10.8. The van der Waals surface area contributed by atoms with E-state index in [1.54, 1.807) is 10.8 Å². The Kier molecular flexibility index (Phi) is 3.68. The predicted molar refractivity (Wildman–Crippen MR) is 79.2 cm³/mol. The Balaban J connectivity index is 1.70. The monoisotopic (exact) mass is 319 g/mol. The number of para-hydroxylation sites is 1. The number of aromatic nitrogens is 2. The average molecular weight is 319 g/mol. The smallest absolute Gasteiger partial charge is 0.253 e. The van der Waals surface area contributed by atoms with Crippen molar-refractivity contribution in [1.29, 1.82) is 0 Å². The van der Waals surface area contributed by atoms with E-state index in [1.165, 1.54) is 12.3 Å². The number of amides is 1. The molecule has 8 heteroatoms. The van der Waals surface area contributed by atoms with Crippen molar-refractivity contribution in [3.05, 3.63) is 54.6 Å². The molecule has 0 bridgehead atoms. The number of rotatable bonds is 5. The fraction of sp³-hybridized carbons (Fsp3) is 0.143. The van der Waals surface area contributed by atoms with E-state index in [0.717, 1.165) is 10.9 Å². The van der Waals surface area contributed by atoms with Crippen molar-refractivity contribution >= 4 is 26.8 Å². The van der Waals surface area contributed by atoms with Crippen LogP contribution in [0.25, 0.3) is 10.9 Å². The maximum atomic E-state index is 11.9. The highest BCUT2D eigenvalue weighted by molar-refractivity contribution is 7.89. The van der Waals surface area contributed by atoms with Gasteiger partial charge in [0.05, 0.1) is 0 Å². The Hall–Kier alpha value is -2.61. The van der Waals surface area contributed by atoms with Crippen molar-refractivity contribution in [1.82, 2.24) is 14.4 Å². The van der Waals surface area contributed by atoms with Gasteiger partial charge in [0.2, 0.25) is 10.0 Å². The Morgan fingerprint density at radius 3 is 2.82 bits per heavy atom. The van der Waals surface area contributed by atoms with Gasteiger partial charge in [-0.2, -0.15) is 0 Å². The van der Waals surface area contributed by atoms with E-state index in [-0.39, 0.29) is 12.2 Å². The minimum Gasteiger partial charge on any atom is -0.364 e. The first kappa shape index (κ1) is 14.3. The van der Waals surface area contributed by atoms with Gasteiger partial charge in [-0.1, -0.05) is 23.4 Å². The summed E-state index contributed by atoms with van der Waals surface area (Å²) in [5.74, 6) is -1.01. The molecule has 114 valence electrons. The molecule has 0 aliphatic rings. The number of fused-ring (bicyclic) bond motifs is 1. The zero-order valence-corrected chi connectivity index (χ0v) is 12.3. The number of carbonyl (C=O) groups excluding carboxylic acids is 1. The molecule has 0 radical (unpaired) electrons. The van der Waals surface area contributed by atoms with Crippen LogP contribution in [0, 0.1) is 0 Å². The normalized spacial score (nSPS) is 11.6. The minimum atomic E-state index is -3.80. The number of hydrogen-bond acceptors (Lipinski definition) is 5. The summed E-state index contributed by atoms with van der Waals surface area (Å²) in [4.78, 5) is 11.9. The molecule has 22 heavy (non-hydrogen) atoms. The number of nitrogens with zero attached hydrogens (tertiary/aromatic N) is 2. The summed E-state index contributed by atoms with van der Waals surface area (Å²) in [7, 11) is -3.80. The molecule has 1 amide bonds. The second kappa shape index (κ2) is 5.64. The lowest BCUT2D eigenvalue weighted by molar-refractivity contribution is -0.119. The number of sulfonamides is 1. The molecule has 2 aromatic heterocycles. The van der Waals surface area contributed by atoms with Crippen LogP contribution < -0.4 is 4.72 Å². The molecule has 0 saturated heterocycles. The quantitative estimate of drug-likeness (QED) is 0.764. The van der Waals surface area contributed by atoms with E-state index in [2.05, 4.69) is 9.68 Å².